The molecule has 0 saturated carbocycles. The van der Waals surface area contributed by atoms with Gasteiger partial charge in [-0.25, -0.2) is 0 Å². The Morgan fingerprint density at radius 2 is 1.96 bits per heavy atom. The Morgan fingerprint density at radius 3 is 2.62 bits per heavy atom. The summed E-state index contributed by atoms with van der Waals surface area (Å²) in [5, 5.41) is 3.98. The molecule has 6 heteroatoms. The standard InChI is InChI=1S/C20H22Cl2N2O2/c1-11-17-15(5-4-6-16(17)25)24-18(11)19(26)23-10-20(2,3)12-7-8-13(21)14(22)9-12/h7-9,24H,4-6,10H2,1-3H3,(H,23,26). The summed E-state index contributed by atoms with van der Waals surface area (Å²) < 4.78 is 0. The zero-order chi connectivity index (χ0) is 19.1. The molecule has 2 aromatic rings. The smallest absolute Gasteiger partial charge is 0.268 e. The van der Waals surface area contributed by atoms with Crippen LogP contribution in [0.2, 0.25) is 10.0 Å². The molecule has 4 nitrogen and oxygen atoms in total. The van der Waals surface area contributed by atoms with Crippen LogP contribution >= 0.6 is 23.2 Å². The molecule has 0 atom stereocenters. The molecule has 2 N–H and O–H groups in total. The molecular weight excluding hydrogens is 371 g/mol. The topological polar surface area (TPSA) is 62.0 Å². The molecule has 1 aliphatic rings. The third kappa shape index (κ3) is 3.53. The van der Waals surface area contributed by atoms with Gasteiger partial charge in [-0.3, -0.25) is 9.59 Å². The van der Waals surface area contributed by atoms with Crippen molar-refractivity contribution in [3.05, 3.63) is 56.3 Å². The number of aryl methyl sites for hydroxylation is 1. The summed E-state index contributed by atoms with van der Waals surface area (Å²) in [5.74, 6) is -0.0759. The van der Waals surface area contributed by atoms with Gasteiger partial charge in [0.15, 0.2) is 5.78 Å². The first-order valence-electron chi connectivity index (χ1n) is 8.69. The van der Waals surface area contributed by atoms with Gasteiger partial charge >= 0.3 is 0 Å². The zero-order valence-corrected chi connectivity index (χ0v) is 16.6. The number of rotatable bonds is 4. The number of halogens is 2. The van der Waals surface area contributed by atoms with E-state index in [0.29, 0.717) is 34.3 Å². The number of aromatic nitrogens is 1. The first-order chi connectivity index (χ1) is 12.2. The van der Waals surface area contributed by atoms with Crippen molar-refractivity contribution in [2.24, 2.45) is 0 Å². The van der Waals surface area contributed by atoms with E-state index in [0.717, 1.165) is 29.7 Å². The van der Waals surface area contributed by atoms with Crippen molar-refractivity contribution in [2.75, 3.05) is 6.54 Å². The van der Waals surface area contributed by atoms with Crippen LogP contribution in [0, 0.1) is 6.92 Å². The molecule has 0 aliphatic heterocycles. The molecule has 138 valence electrons. The molecule has 1 aromatic heterocycles. The van der Waals surface area contributed by atoms with Gasteiger partial charge in [0.25, 0.3) is 5.91 Å². The number of ketones is 1. The van der Waals surface area contributed by atoms with Crippen LogP contribution < -0.4 is 5.32 Å². The predicted molar refractivity (Wildman–Crippen MR) is 105 cm³/mol. The van der Waals surface area contributed by atoms with Crippen molar-refractivity contribution < 1.29 is 9.59 Å². The fraction of sp³-hybridized carbons (Fsp3) is 0.400. The maximum atomic E-state index is 12.7. The van der Waals surface area contributed by atoms with Crippen LogP contribution in [0.3, 0.4) is 0 Å². The molecule has 0 bridgehead atoms. The molecule has 1 aromatic carbocycles. The molecule has 1 heterocycles. The SMILES string of the molecule is Cc1c(C(=O)NCC(C)(C)c2ccc(Cl)c(Cl)c2)[nH]c2c1C(=O)CCC2. The summed E-state index contributed by atoms with van der Waals surface area (Å²) in [6.45, 7) is 6.32. The number of carbonyl (C=O) groups is 2. The highest BCUT2D eigenvalue weighted by Crippen LogP contribution is 2.30. The van der Waals surface area contributed by atoms with E-state index in [1.165, 1.54) is 0 Å². The van der Waals surface area contributed by atoms with Crippen LogP contribution in [0.5, 0.6) is 0 Å². The number of nitrogens with one attached hydrogen (secondary N) is 2. The Labute approximate surface area is 163 Å². The Hall–Kier alpha value is -1.78. The number of aromatic amines is 1. The van der Waals surface area contributed by atoms with Gasteiger partial charge in [0, 0.05) is 29.6 Å². The first-order valence-corrected chi connectivity index (χ1v) is 9.44. The lowest BCUT2D eigenvalue weighted by Gasteiger charge is -2.26. The Morgan fingerprint density at radius 1 is 1.23 bits per heavy atom. The van der Waals surface area contributed by atoms with Crippen LogP contribution in [-0.2, 0) is 11.8 Å². The second-order valence-corrected chi connectivity index (χ2v) is 8.27. The van der Waals surface area contributed by atoms with Crippen LogP contribution in [0.25, 0.3) is 0 Å². The van der Waals surface area contributed by atoms with Crippen LogP contribution in [0.15, 0.2) is 18.2 Å². The fourth-order valence-corrected chi connectivity index (χ4v) is 3.71. The van der Waals surface area contributed by atoms with Gasteiger partial charge in [0.1, 0.15) is 5.69 Å². The van der Waals surface area contributed by atoms with E-state index in [1.54, 1.807) is 6.07 Å². The number of fused-ring (bicyclic) bond motifs is 1. The molecule has 0 fully saturated rings. The van der Waals surface area contributed by atoms with Crippen molar-refractivity contribution >= 4 is 34.9 Å². The normalized spacial score (nSPS) is 14.3. The number of H-pyrrole nitrogens is 1. The molecular formula is C20H22Cl2N2O2. The molecule has 26 heavy (non-hydrogen) atoms. The van der Waals surface area contributed by atoms with Crippen molar-refractivity contribution in [1.29, 1.82) is 0 Å². The van der Waals surface area contributed by atoms with E-state index in [-0.39, 0.29) is 17.1 Å². The minimum Gasteiger partial charge on any atom is -0.354 e. The van der Waals surface area contributed by atoms with Gasteiger partial charge < -0.3 is 10.3 Å². The summed E-state index contributed by atoms with van der Waals surface area (Å²) in [5.41, 5.74) is 3.48. The second-order valence-electron chi connectivity index (χ2n) is 7.45. The molecule has 3 rings (SSSR count). The minimum atomic E-state index is -0.320. The maximum absolute atomic E-state index is 12.7. The van der Waals surface area contributed by atoms with E-state index < -0.39 is 0 Å². The number of hydrogen-bond donors (Lipinski definition) is 2. The quantitative estimate of drug-likeness (QED) is 0.780. The third-order valence-corrected chi connectivity index (χ3v) is 5.80. The molecule has 0 radical (unpaired) electrons. The van der Waals surface area contributed by atoms with Gasteiger partial charge in [-0.2, -0.15) is 0 Å². The summed E-state index contributed by atoms with van der Waals surface area (Å²) in [4.78, 5) is 28.0. The lowest BCUT2D eigenvalue weighted by atomic mass is 9.84. The van der Waals surface area contributed by atoms with Crippen LogP contribution in [0.1, 0.15) is 64.4 Å². The van der Waals surface area contributed by atoms with Gasteiger partial charge in [-0.1, -0.05) is 43.1 Å². The molecule has 0 saturated heterocycles. The first kappa shape index (κ1) is 19.0. The number of carbonyl (C=O) groups excluding carboxylic acids is 2. The lowest BCUT2D eigenvalue weighted by Crippen LogP contribution is -2.37. The largest absolute Gasteiger partial charge is 0.354 e. The summed E-state index contributed by atoms with van der Waals surface area (Å²) in [6, 6.07) is 5.50. The van der Waals surface area contributed by atoms with E-state index in [2.05, 4.69) is 10.3 Å². The van der Waals surface area contributed by atoms with Gasteiger partial charge in [0.2, 0.25) is 0 Å². The average molecular weight is 393 g/mol. The highest BCUT2D eigenvalue weighted by molar-refractivity contribution is 6.42. The highest BCUT2D eigenvalue weighted by atomic mass is 35.5. The maximum Gasteiger partial charge on any atom is 0.268 e. The summed E-state index contributed by atoms with van der Waals surface area (Å²) in [7, 11) is 0. The van der Waals surface area contributed by atoms with Gasteiger partial charge in [-0.05, 0) is 43.0 Å². The van der Waals surface area contributed by atoms with E-state index in [4.69, 9.17) is 23.2 Å². The summed E-state index contributed by atoms with van der Waals surface area (Å²) in [6.07, 6.45) is 2.19. The molecule has 1 amide bonds. The third-order valence-electron chi connectivity index (χ3n) is 5.06. The van der Waals surface area contributed by atoms with E-state index >= 15 is 0 Å². The summed E-state index contributed by atoms with van der Waals surface area (Å²) >= 11 is 12.1. The Kier molecular flexibility index (Phi) is 5.18. The van der Waals surface area contributed by atoms with Crippen LogP contribution in [0.4, 0.5) is 0 Å². The average Bonchev–Trinajstić information content (AvgIpc) is 2.93. The van der Waals surface area contributed by atoms with Crippen molar-refractivity contribution in [1.82, 2.24) is 10.3 Å². The lowest BCUT2D eigenvalue weighted by molar-refractivity contribution is 0.0939. The minimum absolute atomic E-state index is 0.121. The van der Waals surface area contributed by atoms with Gasteiger partial charge in [-0.15, -0.1) is 0 Å². The van der Waals surface area contributed by atoms with E-state index in [1.807, 2.05) is 32.9 Å². The second kappa shape index (κ2) is 7.09. The number of Topliss-reactive ketones (excluding diaryl/α,β-unsaturated/α-hetero) is 1. The van der Waals surface area contributed by atoms with E-state index in [9.17, 15) is 9.59 Å². The monoisotopic (exact) mass is 392 g/mol. The Bertz CT molecular complexity index is 884. The number of benzene rings is 1. The van der Waals surface area contributed by atoms with Gasteiger partial charge in [0.05, 0.1) is 10.0 Å². The fourth-order valence-electron chi connectivity index (χ4n) is 3.41. The number of hydrogen-bond acceptors (Lipinski definition) is 2. The predicted octanol–water partition coefficient (Wildman–Crippen LogP) is 4.86. The van der Waals surface area contributed by atoms with Crippen molar-refractivity contribution in [2.45, 2.75) is 45.4 Å². The molecule has 0 spiro atoms. The molecule has 0 unspecified atom stereocenters. The van der Waals surface area contributed by atoms with Crippen LogP contribution in [-0.4, -0.2) is 23.2 Å². The zero-order valence-electron chi connectivity index (χ0n) is 15.1. The Balaban J connectivity index is 1.76. The van der Waals surface area contributed by atoms with Crippen molar-refractivity contribution in [3.8, 4) is 0 Å². The van der Waals surface area contributed by atoms with Crippen molar-refractivity contribution in [3.63, 3.8) is 0 Å². The molecule has 1 aliphatic carbocycles. The number of amides is 1. The highest BCUT2D eigenvalue weighted by Gasteiger charge is 2.28.